The van der Waals surface area contributed by atoms with Crippen LogP contribution in [0, 0.1) is 20.8 Å². The SMILES string of the molecule is Cc1cc(N)cc(Sc2ccc(C)c(C)c2)c1. The molecule has 0 aliphatic rings. The minimum Gasteiger partial charge on any atom is -0.399 e. The van der Waals surface area contributed by atoms with Gasteiger partial charge in [0.1, 0.15) is 0 Å². The average Bonchev–Trinajstić information content (AvgIpc) is 2.22. The highest BCUT2D eigenvalue weighted by atomic mass is 32.2. The van der Waals surface area contributed by atoms with Crippen molar-refractivity contribution >= 4 is 17.4 Å². The van der Waals surface area contributed by atoms with Gasteiger partial charge in [-0.25, -0.2) is 0 Å². The Hall–Kier alpha value is -1.41. The molecule has 2 heteroatoms. The fourth-order valence-electron chi connectivity index (χ4n) is 1.75. The molecule has 0 saturated carbocycles. The standard InChI is InChI=1S/C15H17NS/c1-10-6-13(16)9-15(7-10)17-14-5-4-11(2)12(3)8-14/h4-9H,16H2,1-3H3. The van der Waals surface area contributed by atoms with E-state index in [1.54, 1.807) is 11.8 Å². The van der Waals surface area contributed by atoms with Gasteiger partial charge in [0.05, 0.1) is 0 Å². The Morgan fingerprint density at radius 1 is 0.824 bits per heavy atom. The summed E-state index contributed by atoms with van der Waals surface area (Å²) in [6.07, 6.45) is 0. The lowest BCUT2D eigenvalue weighted by molar-refractivity contribution is 1.27. The summed E-state index contributed by atoms with van der Waals surface area (Å²) in [6, 6.07) is 12.7. The molecule has 0 aliphatic heterocycles. The van der Waals surface area contributed by atoms with Crippen LogP contribution in [0.4, 0.5) is 5.69 Å². The van der Waals surface area contributed by atoms with Gasteiger partial charge in [-0.3, -0.25) is 0 Å². The summed E-state index contributed by atoms with van der Waals surface area (Å²) in [4.78, 5) is 2.46. The first-order chi connectivity index (χ1) is 8.04. The topological polar surface area (TPSA) is 26.0 Å². The zero-order valence-corrected chi connectivity index (χ0v) is 11.3. The Labute approximate surface area is 107 Å². The fraction of sp³-hybridized carbons (Fsp3) is 0.200. The zero-order valence-electron chi connectivity index (χ0n) is 10.4. The molecule has 2 N–H and O–H groups in total. The summed E-state index contributed by atoms with van der Waals surface area (Å²) in [7, 11) is 0. The number of anilines is 1. The maximum Gasteiger partial charge on any atom is 0.0328 e. The third-order valence-electron chi connectivity index (χ3n) is 2.79. The summed E-state index contributed by atoms with van der Waals surface area (Å²) in [5.41, 5.74) is 10.5. The molecule has 88 valence electrons. The molecular formula is C15H17NS. The van der Waals surface area contributed by atoms with E-state index in [0.717, 1.165) is 5.69 Å². The Balaban J connectivity index is 2.28. The minimum atomic E-state index is 0.830. The van der Waals surface area contributed by atoms with Crippen LogP contribution in [0.3, 0.4) is 0 Å². The Bertz CT molecular complexity index is 526. The highest BCUT2D eigenvalue weighted by Gasteiger charge is 2.01. The number of rotatable bonds is 2. The highest BCUT2D eigenvalue weighted by molar-refractivity contribution is 7.99. The van der Waals surface area contributed by atoms with Gasteiger partial charge in [-0.15, -0.1) is 0 Å². The first-order valence-electron chi connectivity index (χ1n) is 5.67. The van der Waals surface area contributed by atoms with E-state index in [-0.39, 0.29) is 0 Å². The fourth-order valence-corrected chi connectivity index (χ4v) is 2.83. The predicted molar refractivity (Wildman–Crippen MR) is 75.6 cm³/mol. The van der Waals surface area contributed by atoms with Crippen molar-refractivity contribution in [2.45, 2.75) is 30.6 Å². The van der Waals surface area contributed by atoms with Crippen LogP contribution in [0.25, 0.3) is 0 Å². The van der Waals surface area contributed by atoms with Crippen LogP contribution in [0.2, 0.25) is 0 Å². The molecule has 0 amide bonds. The zero-order chi connectivity index (χ0) is 12.4. The van der Waals surface area contributed by atoms with E-state index in [0.29, 0.717) is 0 Å². The molecule has 2 aromatic carbocycles. The van der Waals surface area contributed by atoms with E-state index >= 15 is 0 Å². The number of benzene rings is 2. The van der Waals surface area contributed by atoms with Crippen molar-refractivity contribution in [3.8, 4) is 0 Å². The molecule has 2 aromatic rings. The Morgan fingerprint density at radius 3 is 2.24 bits per heavy atom. The van der Waals surface area contributed by atoms with Crippen LogP contribution in [0.5, 0.6) is 0 Å². The predicted octanol–water partition coefficient (Wildman–Crippen LogP) is 4.35. The summed E-state index contributed by atoms with van der Waals surface area (Å²) in [6.45, 7) is 6.35. The van der Waals surface area contributed by atoms with E-state index < -0.39 is 0 Å². The van der Waals surface area contributed by atoms with E-state index in [1.807, 2.05) is 12.1 Å². The number of hydrogen-bond donors (Lipinski definition) is 1. The third-order valence-corrected chi connectivity index (χ3v) is 3.75. The van der Waals surface area contributed by atoms with Gasteiger partial charge in [0.25, 0.3) is 0 Å². The van der Waals surface area contributed by atoms with Crippen molar-refractivity contribution < 1.29 is 0 Å². The van der Waals surface area contributed by atoms with Gasteiger partial charge in [0.15, 0.2) is 0 Å². The number of nitrogens with two attached hydrogens (primary N) is 1. The largest absolute Gasteiger partial charge is 0.399 e. The number of aryl methyl sites for hydroxylation is 3. The van der Waals surface area contributed by atoms with Gasteiger partial charge in [-0.2, -0.15) is 0 Å². The quantitative estimate of drug-likeness (QED) is 0.794. The van der Waals surface area contributed by atoms with Gasteiger partial charge in [-0.05, 0) is 67.8 Å². The Kier molecular flexibility index (Phi) is 3.43. The molecule has 0 aliphatic carbocycles. The lowest BCUT2D eigenvalue weighted by atomic mass is 10.1. The number of nitrogen functional groups attached to an aromatic ring is 1. The second-order valence-electron chi connectivity index (χ2n) is 4.43. The van der Waals surface area contributed by atoms with Crippen molar-refractivity contribution in [1.82, 2.24) is 0 Å². The molecule has 2 rings (SSSR count). The molecule has 0 unspecified atom stereocenters. The maximum atomic E-state index is 5.85. The molecule has 1 nitrogen and oxygen atoms in total. The smallest absolute Gasteiger partial charge is 0.0328 e. The van der Waals surface area contributed by atoms with Crippen molar-refractivity contribution in [2.24, 2.45) is 0 Å². The lowest BCUT2D eigenvalue weighted by Gasteiger charge is -2.07. The second-order valence-corrected chi connectivity index (χ2v) is 5.57. The van der Waals surface area contributed by atoms with E-state index in [1.165, 1.54) is 26.5 Å². The number of hydrogen-bond acceptors (Lipinski definition) is 2. The van der Waals surface area contributed by atoms with E-state index in [4.69, 9.17) is 5.73 Å². The molecule has 17 heavy (non-hydrogen) atoms. The van der Waals surface area contributed by atoms with Crippen LogP contribution in [0.15, 0.2) is 46.2 Å². The van der Waals surface area contributed by atoms with E-state index in [9.17, 15) is 0 Å². The monoisotopic (exact) mass is 243 g/mol. The van der Waals surface area contributed by atoms with Crippen LogP contribution in [0.1, 0.15) is 16.7 Å². The van der Waals surface area contributed by atoms with Crippen molar-refractivity contribution in [2.75, 3.05) is 5.73 Å². The average molecular weight is 243 g/mol. The van der Waals surface area contributed by atoms with E-state index in [2.05, 4.69) is 45.0 Å². The second kappa shape index (κ2) is 4.84. The molecule has 0 bridgehead atoms. The summed E-state index contributed by atoms with van der Waals surface area (Å²) >= 11 is 1.76. The first-order valence-corrected chi connectivity index (χ1v) is 6.48. The summed E-state index contributed by atoms with van der Waals surface area (Å²) in [5, 5.41) is 0. The summed E-state index contributed by atoms with van der Waals surface area (Å²) in [5.74, 6) is 0. The van der Waals surface area contributed by atoms with Gasteiger partial charge in [0.2, 0.25) is 0 Å². The van der Waals surface area contributed by atoms with Crippen LogP contribution >= 0.6 is 11.8 Å². The molecule has 0 fully saturated rings. The van der Waals surface area contributed by atoms with Crippen LogP contribution < -0.4 is 5.73 Å². The third kappa shape index (κ3) is 3.04. The minimum absolute atomic E-state index is 0.830. The van der Waals surface area contributed by atoms with Crippen molar-refractivity contribution in [3.05, 3.63) is 53.1 Å². The van der Waals surface area contributed by atoms with Crippen LogP contribution in [-0.2, 0) is 0 Å². The maximum absolute atomic E-state index is 5.85. The molecular weight excluding hydrogens is 226 g/mol. The van der Waals surface area contributed by atoms with Gasteiger partial charge in [0, 0.05) is 15.5 Å². The summed E-state index contributed by atoms with van der Waals surface area (Å²) < 4.78 is 0. The molecule has 0 heterocycles. The normalized spacial score (nSPS) is 10.5. The van der Waals surface area contributed by atoms with Gasteiger partial charge >= 0.3 is 0 Å². The van der Waals surface area contributed by atoms with Gasteiger partial charge in [-0.1, -0.05) is 17.8 Å². The molecule has 0 spiro atoms. The first kappa shape index (κ1) is 12.1. The highest BCUT2D eigenvalue weighted by Crippen LogP contribution is 2.30. The molecule has 0 aromatic heterocycles. The van der Waals surface area contributed by atoms with Crippen LogP contribution in [-0.4, -0.2) is 0 Å². The lowest BCUT2D eigenvalue weighted by Crippen LogP contribution is -1.87. The Morgan fingerprint density at radius 2 is 1.59 bits per heavy atom. The molecule has 0 radical (unpaired) electrons. The van der Waals surface area contributed by atoms with Gasteiger partial charge < -0.3 is 5.73 Å². The van der Waals surface area contributed by atoms with Crippen molar-refractivity contribution in [3.63, 3.8) is 0 Å². The van der Waals surface area contributed by atoms with Crippen molar-refractivity contribution in [1.29, 1.82) is 0 Å². The molecule has 0 saturated heterocycles. The molecule has 0 atom stereocenters.